The zero-order chi connectivity index (χ0) is 17.3. The van der Waals surface area contributed by atoms with Crippen LogP contribution in [0, 0.1) is 15.9 Å². The average molecular weight is 328 g/mol. The fraction of sp³-hybridized carbons (Fsp3) is 0.333. The first-order chi connectivity index (χ1) is 11.3. The van der Waals surface area contributed by atoms with E-state index in [2.05, 4.69) is 0 Å². The SMILES string of the molecule is CN1c2ccc(F)cc2C2(C)Cc3cc([N+](=O)[O-])ccc3OC12C. The Balaban J connectivity index is 1.91. The molecule has 124 valence electrons. The van der Waals surface area contributed by atoms with Crippen LogP contribution >= 0.6 is 0 Å². The van der Waals surface area contributed by atoms with Gasteiger partial charge in [0, 0.05) is 30.4 Å². The fourth-order valence-corrected chi connectivity index (χ4v) is 4.05. The van der Waals surface area contributed by atoms with E-state index in [1.807, 2.05) is 25.8 Å². The first kappa shape index (κ1) is 14.9. The van der Waals surface area contributed by atoms with Crippen LogP contribution in [0.2, 0.25) is 0 Å². The van der Waals surface area contributed by atoms with Gasteiger partial charge in [0.2, 0.25) is 0 Å². The molecule has 2 aliphatic heterocycles. The summed E-state index contributed by atoms with van der Waals surface area (Å²) >= 11 is 0. The van der Waals surface area contributed by atoms with Crippen molar-refractivity contribution in [1.82, 2.24) is 0 Å². The minimum Gasteiger partial charge on any atom is -0.467 e. The standard InChI is InChI=1S/C18H17FN2O3/c1-17-10-11-8-13(21(22)23)5-7-16(11)24-18(17,2)20(3)15-6-4-12(19)9-14(15)17/h4-9H,10H2,1-3H3. The highest BCUT2D eigenvalue weighted by molar-refractivity contribution is 5.67. The Morgan fingerprint density at radius 3 is 2.71 bits per heavy atom. The summed E-state index contributed by atoms with van der Waals surface area (Å²) in [5.74, 6) is 0.346. The molecule has 0 N–H and O–H groups in total. The molecule has 0 spiro atoms. The molecule has 0 bridgehead atoms. The lowest BCUT2D eigenvalue weighted by molar-refractivity contribution is -0.385. The van der Waals surface area contributed by atoms with Crippen LogP contribution in [0.1, 0.15) is 25.0 Å². The summed E-state index contributed by atoms with van der Waals surface area (Å²) in [7, 11) is 1.93. The molecule has 0 saturated carbocycles. The molecule has 5 nitrogen and oxygen atoms in total. The quantitative estimate of drug-likeness (QED) is 0.590. The van der Waals surface area contributed by atoms with Crippen LogP contribution in [0.25, 0.3) is 0 Å². The van der Waals surface area contributed by atoms with E-state index >= 15 is 0 Å². The van der Waals surface area contributed by atoms with Gasteiger partial charge in [0.15, 0.2) is 5.72 Å². The van der Waals surface area contributed by atoms with E-state index < -0.39 is 16.1 Å². The third-order valence-electron chi connectivity index (χ3n) is 5.69. The van der Waals surface area contributed by atoms with Crippen LogP contribution < -0.4 is 9.64 Å². The van der Waals surface area contributed by atoms with Crippen LogP contribution in [-0.2, 0) is 11.8 Å². The van der Waals surface area contributed by atoms with E-state index in [9.17, 15) is 14.5 Å². The van der Waals surface area contributed by atoms with Gasteiger partial charge in [0.05, 0.1) is 10.3 Å². The van der Waals surface area contributed by atoms with Gasteiger partial charge in [-0.1, -0.05) is 0 Å². The fourth-order valence-electron chi connectivity index (χ4n) is 4.05. The molecule has 2 unspecified atom stereocenters. The normalized spacial score (nSPS) is 27.1. The maximum absolute atomic E-state index is 13.9. The summed E-state index contributed by atoms with van der Waals surface area (Å²) in [5.41, 5.74) is 1.40. The number of hydrogen-bond acceptors (Lipinski definition) is 4. The Hall–Kier alpha value is -2.63. The monoisotopic (exact) mass is 328 g/mol. The van der Waals surface area contributed by atoms with E-state index in [-0.39, 0.29) is 11.5 Å². The summed E-state index contributed by atoms with van der Waals surface area (Å²) < 4.78 is 20.2. The number of hydrogen-bond donors (Lipinski definition) is 0. The summed E-state index contributed by atoms with van der Waals surface area (Å²) in [5, 5.41) is 11.1. The molecule has 6 heteroatoms. The zero-order valence-electron chi connectivity index (χ0n) is 13.7. The van der Waals surface area contributed by atoms with E-state index in [0.29, 0.717) is 12.2 Å². The Kier molecular flexibility index (Phi) is 2.78. The zero-order valence-corrected chi connectivity index (χ0v) is 13.7. The van der Waals surface area contributed by atoms with Gasteiger partial charge in [-0.15, -0.1) is 0 Å². The minimum absolute atomic E-state index is 0.0374. The molecule has 0 radical (unpaired) electrons. The van der Waals surface area contributed by atoms with Crippen molar-refractivity contribution in [3.63, 3.8) is 0 Å². The molecular weight excluding hydrogens is 311 g/mol. The second kappa shape index (κ2) is 4.47. The molecule has 0 fully saturated rings. The number of ether oxygens (including phenoxy) is 1. The molecule has 4 rings (SSSR count). The maximum atomic E-state index is 13.9. The molecule has 0 aromatic heterocycles. The van der Waals surface area contributed by atoms with Gasteiger partial charge in [-0.25, -0.2) is 4.39 Å². The lowest BCUT2D eigenvalue weighted by Crippen LogP contribution is -2.60. The lowest BCUT2D eigenvalue weighted by Gasteiger charge is -2.48. The number of nitro groups is 1. The van der Waals surface area contributed by atoms with E-state index in [1.54, 1.807) is 24.3 Å². The minimum atomic E-state index is -0.688. The highest BCUT2D eigenvalue weighted by Crippen LogP contribution is 2.56. The first-order valence-corrected chi connectivity index (χ1v) is 7.76. The smallest absolute Gasteiger partial charge is 0.269 e. The van der Waals surface area contributed by atoms with Crippen molar-refractivity contribution in [3.05, 3.63) is 63.5 Å². The number of anilines is 1. The summed E-state index contributed by atoms with van der Waals surface area (Å²) in [6.45, 7) is 4.01. The van der Waals surface area contributed by atoms with Crippen molar-refractivity contribution >= 4 is 11.4 Å². The number of nitro benzene ring substituents is 1. The van der Waals surface area contributed by atoms with Crippen molar-refractivity contribution in [2.75, 3.05) is 11.9 Å². The molecule has 24 heavy (non-hydrogen) atoms. The molecule has 2 aliphatic rings. The van der Waals surface area contributed by atoms with Gasteiger partial charge in [0.25, 0.3) is 5.69 Å². The summed E-state index contributed by atoms with van der Waals surface area (Å²) in [6.07, 6.45) is 0.543. The Morgan fingerprint density at radius 1 is 1.25 bits per heavy atom. The molecule has 0 aliphatic carbocycles. The number of nitrogens with zero attached hydrogens (tertiary/aromatic N) is 2. The molecular formula is C18H17FN2O3. The Bertz CT molecular complexity index is 885. The van der Waals surface area contributed by atoms with Gasteiger partial charge in [-0.3, -0.25) is 10.1 Å². The Morgan fingerprint density at radius 2 is 2.00 bits per heavy atom. The molecule has 2 aromatic carbocycles. The molecule has 2 heterocycles. The van der Waals surface area contributed by atoms with Crippen LogP contribution in [0.5, 0.6) is 5.75 Å². The van der Waals surface area contributed by atoms with E-state index in [1.165, 1.54) is 12.1 Å². The van der Waals surface area contributed by atoms with Gasteiger partial charge in [0.1, 0.15) is 11.6 Å². The number of rotatable bonds is 1. The lowest BCUT2D eigenvalue weighted by atomic mass is 9.70. The number of likely N-dealkylation sites (N-methyl/N-ethyl adjacent to an activating group) is 1. The largest absolute Gasteiger partial charge is 0.467 e. The van der Waals surface area contributed by atoms with Crippen LogP contribution in [0.3, 0.4) is 0 Å². The first-order valence-electron chi connectivity index (χ1n) is 7.76. The maximum Gasteiger partial charge on any atom is 0.269 e. The van der Waals surface area contributed by atoms with Crippen molar-refractivity contribution in [2.24, 2.45) is 0 Å². The van der Waals surface area contributed by atoms with Crippen LogP contribution in [0.15, 0.2) is 36.4 Å². The predicted molar refractivity (Wildman–Crippen MR) is 88.0 cm³/mol. The highest BCUT2D eigenvalue weighted by atomic mass is 19.1. The summed E-state index contributed by atoms with van der Waals surface area (Å²) in [6, 6.07) is 9.40. The van der Waals surface area contributed by atoms with Gasteiger partial charge < -0.3 is 9.64 Å². The third kappa shape index (κ3) is 1.68. The molecule has 2 atom stereocenters. The number of fused-ring (bicyclic) bond motifs is 4. The number of benzene rings is 2. The van der Waals surface area contributed by atoms with Gasteiger partial charge >= 0.3 is 0 Å². The van der Waals surface area contributed by atoms with Crippen LogP contribution in [0.4, 0.5) is 15.8 Å². The van der Waals surface area contributed by atoms with Crippen LogP contribution in [-0.4, -0.2) is 17.7 Å². The molecule has 0 amide bonds. The predicted octanol–water partition coefficient (Wildman–Crippen LogP) is 3.79. The Labute approximate surface area is 138 Å². The summed E-state index contributed by atoms with van der Waals surface area (Å²) in [4.78, 5) is 12.7. The van der Waals surface area contributed by atoms with E-state index in [4.69, 9.17) is 4.74 Å². The number of non-ortho nitro benzene ring substituents is 1. The molecule has 2 aromatic rings. The number of halogens is 1. The average Bonchev–Trinajstić information content (AvgIpc) is 2.69. The second-order valence-corrected chi connectivity index (χ2v) is 6.86. The third-order valence-corrected chi connectivity index (χ3v) is 5.69. The topological polar surface area (TPSA) is 55.6 Å². The second-order valence-electron chi connectivity index (χ2n) is 6.86. The van der Waals surface area contributed by atoms with Crippen molar-refractivity contribution in [2.45, 2.75) is 31.4 Å². The van der Waals surface area contributed by atoms with Gasteiger partial charge in [-0.2, -0.15) is 0 Å². The molecule has 0 saturated heterocycles. The van der Waals surface area contributed by atoms with Gasteiger partial charge in [-0.05, 0) is 50.1 Å². The van der Waals surface area contributed by atoms with Crippen molar-refractivity contribution in [3.8, 4) is 5.75 Å². The highest BCUT2D eigenvalue weighted by Gasteiger charge is 2.60. The van der Waals surface area contributed by atoms with Crippen molar-refractivity contribution in [1.29, 1.82) is 0 Å². The van der Waals surface area contributed by atoms with Crippen molar-refractivity contribution < 1.29 is 14.1 Å². The van der Waals surface area contributed by atoms with E-state index in [0.717, 1.165) is 16.8 Å².